The quantitative estimate of drug-likeness (QED) is 0.642. The Morgan fingerprint density at radius 3 is 2.43 bits per heavy atom. The van der Waals surface area contributed by atoms with Gasteiger partial charge in [0.25, 0.3) is 0 Å². The second-order valence-electron chi connectivity index (χ2n) is 6.47. The average Bonchev–Trinajstić information content (AvgIpc) is 2.89. The summed E-state index contributed by atoms with van der Waals surface area (Å²) >= 11 is 1.91. The molecule has 1 spiro atoms. The van der Waals surface area contributed by atoms with Crippen LogP contribution >= 0.6 is 11.8 Å². The molecule has 0 saturated carbocycles. The summed E-state index contributed by atoms with van der Waals surface area (Å²) in [5.41, 5.74) is 0.293. The summed E-state index contributed by atoms with van der Waals surface area (Å²) in [7, 11) is 0. The minimum absolute atomic E-state index is 0.293. The van der Waals surface area contributed by atoms with E-state index < -0.39 is 0 Å². The summed E-state index contributed by atoms with van der Waals surface area (Å²) in [4.78, 5) is 4.75. The lowest BCUT2D eigenvalue weighted by atomic mass is 9.93. The van der Waals surface area contributed by atoms with Crippen molar-refractivity contribution in [1.82, 2.24) is 5.32 Å². The maximum atomic E-state index is 5.46. The van der Waals surface area contributed by atoms with Crippen molar-refractivity contribution >= 4 is 16.9 Å². The van der Waals surface area contributed by atoms with Crippen LogP contribution < -0.4 is 5.32 Å². The molecule has 0 aliphatic carbocycles. The Hall–Kier alpha value is -0.220. The molecule has 1 N–H and O–H groups in total. The van der Waals surface area contributed by atoms with Gasteiger partial charge < -0.3 is 10.1 Å². The van der Waals surface area contributed by atoms with Gasteiger partial charge in [0.1, 0.15) is 0 Å². The molecule has 0 unspecified atom stereocenters. The average molecular weight is 313 g/mol. The molecular weight excluding hydrogens is 280 g/mol. The number of aliphatic imine (C=N–C) groups is 1. The van der Waals surface area contributed by atoms with Gasteiger partial charge in [-0.1, -0.05) is 63.6 Å². The number of nitrogens with one attached hydrogen (secondary N) is 1. The highest BCUT2D eigenvalue weighted by Gasteiger charge is 2.38. The summed E-state index contributed by atoms with van der Waals surface area (Å²) in [6.45, 7) is 5.08. The van der Waals surface area contributed by atoms with Gasteiger partial charge >= 0.3 is 0 Å². The first kappa shape index (κ1) is 17.1. The van der Waals surface area contributed by atoms with E-state index in [2.05, 4.69) is 12.2 Å². The topological polar surface area (TPSA) is 33.6 Å². The van der Waals surface area contributed by atoms with Crippen LogP contribution in [0.1, 0.15) is 71.1 Å². The third-order valence-corrected chi connectivity index (χ3v) is 5.78. The van der Waals surface area contributed by atoms with Gasteiger partial charge in [0.05, 0.1) is 5.54 Å². The highest BCUT2D eigenvalue weighted by atomic mass is 32.2. The number of amidine groups is 1. The Balaban J connectivity index is 1.50. The number of ether oxygens (including phenoxy) is 1. The van der Waals surface area contributed by atoms with E-state index in [-0.39, 0.29) is 0 Å². The number of thioether (sulfide) groups is 1. The minimum Gasteiger partial charge on any atom is -0.381 e. The Morgan fingerprint density at radius 2 is 1.71 bits per heavy atom. The zero-order chi connectivity index (χ0) is 14.8. The second-order valence-corrected chi connectivity index (χ2v) is 7.43. The van der Waals surface area contributed by atoms with E-state index in [0.717, 1.165) is 32.6 Å². The van der Waals surface area contributed by atoms with Gasteiger partial charge in [0.2, 0.25) is 0 Å². The summed E-state index contributed by atoms with van der Waals surface area (Å²) in [5.74, 6) is 1.17. The SMILES string of the molecule is CCCCCCCCCCN=C1NC2(CCOCC2)CS1. The standard InChI is InChI=1S/C17H32N2OS/c1-2-3-4-5-6-7-8-9-12-18-16-19-17(15-21-16)10-13-20-14-11-17/h2-15H2,1H3,(H,18,19). The molecule has 0 radical (unpaired) electrons. The van der Waals surface area contributed by atoms with Gasteiger partial charge in [-0.15, -0.1) is 0 Å². The third kappa shape index (κ3) is 6.19. The minimum atomic E-state index is 0.293. The Labute approximate surface area is 134 Å². The predicted molar refractivity (Wildman–Crippen MR) is 93.3 cm³/mol. The molecule has 0 aromatic rings. The lowest BCUT2D eigenvalue weighted by molar-refractivity contribution is 0.0555. The van der Waals surface area contributed by atoms with E-state index in [1.54, 1.807) is 0 Å². The fourth-order valence-corrected chi connectivity index (χ4v) is 4.29. The molecule has 0 atom stereocenters. The van der Waals surface area contributed by atoms with Gasteiger partial charge in [0.15, 0.2) is 5.17 Å². The second kappa shape index (κ2) is 9.73. The van der Waals surface area contributed by atoms with Crippen LogP contribution in [0.25, 0.3) is 0 Å². The number of hydrogen-bond acceptors (Lipinski definition) is 3. The molecule has 0 aromatic carbocycles. The molecule has 2 heterocycles. The zero-order valence-electron chi connectivity index (χ0n) is 13.7. The van der Waals surface area contributed by atoms with E-state index in [0.29, 0.717) is 5.54 Å². The maximum absolute atomic E-state index is 5.46. The van der Waals surface area contributed by atoms with Gasteiger partial charge in [-0.3, -0.25) is 4.99 Å². The van der Waals surface area contributed by atoms with Crippen LogP contribution in [0.3, 0.4) is 0 Å². The predicted octanol–water partition coefficient (Wildman–Crippen LogP) is 4.37. The fraction of sp³-hybridized carbons (Fsp3) is 0.941. The molecule has 21 heavy (non-hydrogen) atoms. The summed E-state index contributed by atoms with van der Waals surface area (Å²) < 4.78 is 5.46. The van der Waals surface area contributed by atoms with Crippen molar-refractivity contribution in [3.63, 3.8) is 0 Å². The first-order chi connectivity index (χ1) is 10.3. The van der Waals surface area contributed by atoms with E-state index in [4.69, 9.17) is 9.73 Å². The lowest BCUT2D eigenvalue weighted by Gasteiger charge is -2.32. The summed E-state index contributed by atoms with van der Waals surface area (Å²) in [6.07, 6.45) is 13.2. The fourth-order valence-electron chi connectivity index (χ4n) is 3.05. The van der Waals surface area contributed by atoms with E-state index in [1.807, 2.05) is 11.8 Å². The largest absolute Gasteiger partial charge is 0.381 e. The van der Waals surface area contributed by atoms with Crippen LogP contribution in [-0.2, 0) is 4.74 Å². The van der Waals surface area contributed by atoms with Crippen LogP contribution in [0.2, 0.25) is 0 Å². The van der Waals surface area contributed by atoms with Gasteiger partial charge in [0, 0.05) is 25.5 Å². The third-order valence-electron chi connectivity index (χ3n) is 4.57. The number of unbranched alkanes of at least 4 members (excludes halogenated alkanes) is 7. The molecule has 2 aliphatic heterocycles. The van der Waals surface area contributed by atoms with E-state index in [1.165, 1.54) is 62.3 Å². The molecule has 2 aliphatic rings. The molecule has 3 nitrogen and oxygen atoms in total. The zero-order valence-corrected chi connectivity index (χ0v) is 14.5. The molecule has 2 rings (SSSR count). The van der Waals surface area contributed by atoms with E-state index >= 15 is 0 Å². The van der Waals surface area contributed by atoms with Crippen LogP contribution in [0, 0.1) is 0 Å². The van der Waals surface area contributed by atoms with Crippen LogP contribution in [0.4, 0.5) is 0 Å². The van der Waals surface area contributed by atoms with Crippen molar-refractivity contribution in [2.45, 2.75) is 76.7 Å². The van der Waals surface area contributed by atoms with Crippen molar-refractivity contribution in [1.29, 1.82) is 0 Å². The Kier molecular flexibility index (Phi) is 7.94. The summed E-state index contributed by atoms with van der Waals surface area (Å²) in [5, 5.41) is 4.84. The van der Waals surface area contributed by atoms with Gasteiger partial charge in [-0.05, 0) is 19.3 Å². The number of rotatable bonds is 9. The van der Waals surface area contributed by atoms with E-state index in [9.17, 15) is 0 Å². The van der Waals surface area contributed by atoms with Crippen LogP contribution in [-0.4, -0.2) is 36.2 Å². The van der Waals surface area contributed by atoms with Crippen molar-refractivity contribution < 1.29 is 4.74 Å². The normalized spacial score (nSPS) is 22.8. The van der Waals surface area contributed by atoms with Crippen LogP contribution in [0.15, 0.2) is 4.99 Å². The first-order valence-corrected chi connectivity index (χ1v) is 9.86. The Morgan fingerprint density at radius 1 is 1.05 bits per heavy atom. The lowest BCUT2D eigenvalue weighted by Crippen LogP contribution is -2.48. The van der Waals surface area contributed by atoms with Crippen molar-refractivity contribution in [3.8, 4) is 0 Å². The molecule has 0 aromatic heterocycles. The van der Waals surface area contributed by atoms with Crippen molar-refractivity contribution in [2.24, 2.45) is 4.99 Å². The number of nitrogens with zero attached hydrogens (tertiary/aromatic N) is 1. The first-order valence-electron chi connectivity index (χ1n) is 8.88. The highest BCUT2D eigenvalue weighted by molar-refractivity contribution is 8.14. The van der Waals surface area contributed by atoms with Crippen molar-refractivity contribution in [3.05, 3.63) is 0 Å². The molecule has 2 fully saturated rings. The van der Waals surface area contributed by atoms with Gasteiger partial charge in [-0.25, -0.2) is 0 Å². The maximum Gasteiger partial charge on any atom is 0.157 e. The summed E-state index contributed by atoms with van der Waals surface area (Å²) in [6, 6.07) is 0. The Bertz CT molecular complexity index is 314. The smallest absolute Gasteiger partial charge is 0.157 e. The van der Waals surface area contributed by atoms with Crippen molar-refractivity contribution in [2.75, 3.05) is 25.5 Å². The molecular formula is C17H32N2OS. The molecule has 122 valence electrons. The monoisotopic (exact) mass is 312 g/mol. The molecule has 0 bridgehead atoms. The highest BCUT2D eigenvalue weighted by Crippen LogP contribution is 2.31. The molecule has 2 saturated heterocycles. The molecule has 0 amide bonds. The van der Waals surface area contributed by atoms with Gasteiger partial charge in [-0.2, -0.15) is 0 Å². The molecule has 4 heteroatoms. The van der Waals surface area contributed by atoms with Crippen LogP contribution in [0.5, 0.6) is 0 Å². The number of hydrogen-bond donors (Lipinski definition) is 1.